The van der Waals surface area contributed by atoms with Crippen LogP contribution in [0.1, 0.15) is 0 Å². The fourth-order valence-corrected chi connectivity index (χ4v) is 1.27. The van der Waals surface area contributed by atoms with Gasteiger partial charge < -0.3 is 19.4 Å². The minimum absolute atomic E-state index is 0.0311. The van der Waals surface area contributed by atoms with Crippen molar-refractivity contribution in [2.45, 2.75) is 12.7 Å². The fraction of sp³-hybridized carbons (Fsp3) is 0.700. The monoisotopic (exact) mass is 267 g/mol. The maximum Gasteiger partial charge on any atom is 0.411 e. The number of imidazole rings is 1. The van der Waals surface area contributed by atoms with Crippen molar-refractivity contribution in [3.63, 3.8) is 0 Å². The van der Waals surface area contributed by atoms with Gasteiger partial charge in [-0.05, 0) is 0 Å². The molecule has 0 aliphatic carbocycles. The summed E-state index contributed by atoms with van der Waals surface area (Å²) in [5, 5.41) is 2.89. The summed E-state index contributed by atoms with van der Waals surface area (Å²) in [6.45, 7) is 0.168. The van der Waals surface area contributed by atoms with Gasteiger partial charge in [0, 0.05) is 32.6 Å². The molecule has 1 aromatic heterocycles. The van der Waals surface area contributed by atoms with E-state index in [9.17, 15) is 13.2 Å². The highest BCUT2D eigenvalue weighted by Crippen LogP contribution is 2.14. The largest absolute Gasteiger partial charge is 0.411 e. The lowest BCUT2D eigenvalue weighted by atomic mass is 10.6. The molecule has 0 spiro atoms. The van der Waals surface area contributed by atoms with Gasteiger partial charge >= 0.3 is 6.18 Å². The van der Waals surface area contributed by atoms with Gasteiger partial charge in [0.1, 0.15) is 6.61 Å². The summed E-state index contributed by atoms with van der Waals surface area (Å²) in [6.07, 6.45) is -0.913. The van der Waals surface area contributed by atoms with E-state index in [0.29, 0.717) is 19.1 Å². The van der Waals surface area contributed by atoms with Crippen molar-refractivity contribution < 1.29 is 22.6 Å². The van der Waals surface area contributed by atoms with Crippen molar-refractivity contribution in [1.82, 2.24) is 9.55 Å². The van der Waals surface area contributed by atoms with E-state index in [-0.39, 0.29) is 13.2 Å². The van der Waals surface area contributed by atoms with Crippen molar-refractivity contribution >= 4 is 5.95 Å². The first kappa shape index (κ1) is 14.8. The van der Waals surface area contributed by atoms with Gasteiger partial charge in [0.15, 0.2) is 0 Å². The van der Waals surface area contributed by atoms with Crippen molar-refractivity contribution in [3.8, 4) is 0 Å². The molecule has 0 unspecified atom stereocenters. The molecule has 0 saturated carbocycles. The first-order valence-corrected chi connectivity index (χ1v) is 5.41. The molecule has 0 amide bonds. The average molecular weight is 267 g/mol. The topological polar surface area (TPSA) is 48.3 Å². The molecule has 0 aliphatic heterocycles. The number of halogens is 3. The van der Waals surface area contributed by atoms with Gasteiger partial charge in [-0.2, -0.15) is 13.2 Å². The van der Waals surface area contributed by atoms with Gasteiger partial charge in [-0.1, -0.05) is 0 Å². The minimum atomic E-state index is -4.28. The third-order valence-corrected chi connectivity index (χ3v) is 2.05. The van der Waals surface area contributed by atoms with Crippen LogP contribution in [0.5, 0.6) is 0 Å². The van der Waals surface area contributed by atoms with Crippen LogP contribution in [-0.2, 0) is 16.0 Å². The van der Waals surface area contributed by atoms with Crippen LogP contribution < -0.4 is 5.32 Å². The summed E-state index contributed by atoms with van der Waals surface area (Å²) in [5.41, 5.74) is 0. The summed E-state index contributed by atoms with van der Waals surface area (Å²) in [5.74, 6) is 0.586. The number of hydrogen-bond donors (Lipinski definition) is 1. The Hall–Kier alpha value is -1.28. The second-order valence-corrected chi connectivity index (χ2v) is 3.53. The SMILES string of the molecule is COCCn1ccnc1NCCOCC(F)(F)F. The fourth-order valence-electron chi connectivity index (χ4n) is 1.27. The molecule has 1 rings (SSSR count). The molecule has 0 aromatic carbocycles. The highest BCUT2D eigenvalue weighted by molar-refractivity contribution is 5.25. The molecule has 0 bridgehead atoms. The molecule has 104 valence electrons. The number of anilines is 1. The van der Waals surface area contributed by atoms with E-state index in [1.165, 1.54) is 0 Å². The van der Waals surface area contributed by atoms with E-state index < -0.39 is 12.8 Å². The predicted molar refractivity (Wildman–Crippen MR) is 59.5 cm³/mol. The Morgan fingerprint density at radius 2 is 2.17 bits per heavy atom. The number of alkyl halides is 3. The summed E-state index contributed by atoms with van der Waals surface area (Å²) in [6, 6.07) is 0. The van der Waals surface area contributed by atoms with Gasteiger partial charge in [-0.3, -0.25) is 0 Å². The lowest BCUT2D eigenvalue weighted by molar-refractivity contribution is -0.172. The maximum absolute atomic E-state index is 11.8. The van der Waals surface area contributed by atoms with E-state index in [4.69, 9.17) is 4.74 Å². The van der Waals surface area contributed by atoms with E-state index in [2.05, 4.69) is 15.0 Å². The maximum atomic E-state index is 11.8. The number of rotatable bonds is 8. The molecule has 0 fully saturated rings. The molecular weight excluding hydrogens is 251 g/mol. The number of nitrogens with zero attached hydrogens (tertiary/aromatic N) is 2. The van der Waals surface area contributed by atoms with Crippen LogP contribution in [0.25, 0.3) is 0 Å². The van der Waals surface area contributed by atoms with Crippen LogP contribution in [0.15, 0.2) is 12.4 Å². The van der Waals surface area contributed by atoms with Gasteiger partial charge in [0.25, 0.3) is 0 Å². The van der Waals surface area contributed by atoms with E-state index in [0.717, 1.165) is 0 Å². The number of ether oxygens (including phenoxy) is 2. The molecule has 0 radical (unpaired) electrons. The lowest BCUT2D eigenvalue weighted by Gasteiger charge is -2.10. The van der Waals surface area contributed by atoms with Gasteiger partial charge in [0.2, 0.25) is 5.95 Å². The second-order valence-electron chi connectivity index (χ2n) is 3.53. The number of aromatic nitrogens is 2. The summed E-state index contributed by atoms with van der Waals surface area (Å²) >= 11 is 0. The Kier molecular flexibility index (Phi) is 5.93. The molecule has 8 heteroatoms. The number of methoxy groups -OCH3 is 1. The van der Waals surface area contributed by atoms with Crippen molar-refractivity contribution in [2.24, 2.45) is 0 Å². The Morgan fingerprint density at radius 1 is 1.39 bits per heavy atom. The zero-order chi connectivity index (χ0) is 13.4. The first-order chi connectivity index (χ1) is 8.53. The summed E-state index contributed by atoms with van der Waals surface area (Å²) in [7, 11) is 1.59. The van der Waals surface area contributed by atoms with E-state index in [1.807, 2.05) is 4.57 Å². The minimum Gasteiger partial charge on any atom is -0.383 e. The molecule has 1 heterocycles. The zero-order valence-electron chi connectivity index (χ0n) is 10.0. The zero-order valence-corrected chi connectivity index (χ0v) is 10.0. The van der Waals surface area contributed by atoms with Crippen molar-refractivity contribution in [3.05, 3.63) is 12.4 Å². The summed E-state index contributed by atoms with van der Waals surface area (Å²) < 4.78 is 46.6. The molecule has 18 heavy (non-hydrogen) atoms. The van der Waals surface area contributed by atoms with Crippen molar-refractivity contribution in [1.29, 1.82) is 0 Å². The highest BCUT2D eigenvalue weighted by Gasteiger charge is 2.27. The Bertz CT molecular complexity index is 341. The standard InChI is InChI=1S/C10H16F3N3O2/c1-17-7-5-16-4-2-14-9(16)15-3-6-18-8-10(11,12)13/h2,4H,3,5-8H2,1H3,(H,14,15). The Morgan fingerprint density at radius 3 is 2.83 bits per heavy atom. The Labute approximate surface area is 103 Å². The number of nitrogens with one attached hydrogen (secondary N) is 1. The van der Waals surface area contributed by atoms with Crippen LogP contribution in [0.2, 0.25) is 0 Å². The van der Waals surface area contributed by atoms with E-state index in [1.54, 1.807) is 19.5 Å². The van der Waals surface area contributed by atoms with Gasteiger partial charge in [-0.15, -0.1) is 0 Å². The van der Waals surface area contributed by atoms with Crippen LogP contribution in [0.3, 0.4) is 0 Å². The van der Waals surface area contributed by atoms with Gasteiger partial charge in [-0.25, -0.2) is 4.98 Å². The quantitative estimate of drug-likeness (QED) is 0.725. The third kappa shape index (κ3) is 5.87. The molecule has 0 saturated heterocycles. The molecule has 1 aromatic rings. The van der Waals surface area contributed by atoms with Crippen LogP contribution in [0.4, 0.5) is 19.1 Å². The van der Waals surface area contributed by atoms with Gasteiger partial charge in [0.05, 0.1) is 13.2 Å². The molecule has 1 N–H and O–H groups in total. The van der Waals surface area contributed by atoms with Crippen LogP contribution >= 0.6 is 0 Å². The molecule has 5 nitrogen and oxygen atoms in total. The highest BCUT2D eigenvalue weighted by atomic mass is 19.4. The molecule has 0 atom stereocenters. The second kappa shape index (κ2) is 7.22. The van der Waals surface area contributed by atoms with Crippen molar-refractivity contribution in [2.75, 3.05) is 38.8 Å². The predicted octanol–water partition coefficient (Wildman–Crippen LogP) is 1.52. The average Bonchev–Trinajstić information content (AvgIpc) is 2.72. The summed E-state index contributed by atoms with van der Waals surface area (Å²) in [4.78, 5) is 4.03. The van der Waals surface area contributed by atoms with E-state index >= 15 is 0 Å². The Balaban J connectivity index is 2.21. The smallest absolute Gasteiger partial charge is 0.383 e. The van der Waals surface area contributed by atoms with Crippen LogP contribution in [-0.4, -0.2) is 49.2 Å². The normalized spacial score (nSPS) is 11.8. The van der Waals surface area contributed by atoms with Crippen LogP contribution in [0, 0.1) is 0 Å². The number of hydrogen-bond acceptors (Lipinski definition) is 4. The molecule has 0 aliphatic rings. The first-order valence-electron chi connectivity index (χ1n) is 5.41. The molecular formula is C10H16F3N3O2. The third-order valence-electron chi connectivity index (χ3n) is 2.05. The lowest BCUT2D eigenvalue weighted by Crippen LogP contribution is -2.21.